The molecular weight excluding hydrogens is 683 g/mol. The Morgan fingerprint density at radius 3 is 1.47 bits per heavy atom. The zero-order valence-corrected chi connectivity index (χ0v) is 36.3. The zero-order chi connectivity index (χ0) is 40.3. The van der Waals surface area contributed by atoms with E-state index in [9.17, 15) is 19.8 Å². The quantitative estimate of drug-likeness (QED) is 0.0327. The van der Waals surface area contributed by atoms with Gasteiger partial charge in [0.05, 0.1) is 25.2 Å². The van der Waals surface area contributed by atoms with Crippen LogP contribution in [0.2, 0.25) is 0 Å². The first-order chi connectivity index (χ1) is 27.0. The summed E-state index contributed by atoms with van der Waals surface area (Å²) in [5.74, 6) is -0.517. The monoisotopic (exact) mass is 772 g/mol. The van der Waals surface area contributed by atoms with E-state index in [1.165, 1.54) is 116 Å². The Kier molecular flexibility index (Phi) is 41.2. The number of carbonyl (C=O) groups is 2. The molecule has 3 N–H and O–H groups in total. The Bertz CT molecular complexity index is 957. The zero-order valence-electron chi connectivity index (χ0n) is 36.3. The lowest BCUT2D eigenvalue weighted by molar-refractivity contribution is -0.151. The van der Waals surface area contributed by atoms with Crippen molar-refractivity contribution in [3.05, 3.63) is 48.6 Å². The van der Waals surface area contributed by atoms with Gasteiger partial charge in [0.1, 0.15) is 6.10 Å². The van der Waals surface area contributed by atoms with E-state index in [1.807, 2.05) is 24.3 Å². The smallest absolute Gasteiger partial charge is 0.306 e. The van der Waals surface area contributed by atoms with Crippen molar-refractivity contribution >= 4 is 11.9 Å². The SMILES string of the molecule is CC/C=C/C=C/C=C\C=C/CCCCCC(=O)OC(CCCCCCCCCCCCCCCC)CC(=O)NC(CO)C(O)CCCCCCCCCCC. The highest BCUT2D eigenvalue weighted by atomic mass is 16.5. The minimum Gasteiger partial charge on any atom is -0.462 e. The number of hydrogen-bond acceptors (Lipinski definition) is 5. The van der Waals surface area contributed by atoms with E-state index in [2.05, 4.69) is 50.4 Å². The molecule has 1 amide bonds. The number of aliphatic hydroxyl groups excluding tert-OH is 2. The van der Waals surface area contributed by atoms with Crippen LogP contribution in [-0.2, 0) is 14.3 Å². The van der Waals surface area contributed by atoms with E-state index in [0.717, 1.165) is 64.2 Å². The van der Waals surface area contributed by atoms with Gasteiger partial charge < -0.3 is 20.3 Å². The second-order valence-corrected chi connectivity index (χ2v) is 15.9. The van der Waals surface area contributed by atoms with Crippen LogP contribution in [0.1, 0.15) is 226 Å². The molecule has 6 nitrogen and oxygen atoms in total. The predicted molar refractivity (Wildman–Crippen MR) is 236 cm³/mol. The Labute approximate surface area is 340 Å². The summed E-state index contributed by atoms with van der Waals surface area (Å²) in [5.41, 5.74) is 0. The van der Waals surface area contributed by atoms with Crippen LogP contribution in [0.15, 0.2) is 48.6 Å². The first-order valence-electron chi connectivity index (χ1n) is 23.4. The summed E-state index contributed by atoms with van der Waals surface area (Å²) in [6.07, 6.45) is 50.3. The van der Waals surface area contributed by atoms with Gasteiger partial charge in [0.2, 0.25) is 5.91 Å². The van der Waals surface area contributed by atoms with Gasteiger partial charge in [-0.25, -0.2) is 0 Å². The molecule has 0 saturated carbocycles. The van der Waals surface area contributed by atoms with E-state index in [-0.39, 0.29) is 24.9 Å². The maximum absolute atomic E-state index is 13.1. The number of esters is 1. The van der Waals surface area contributed by atoms with Crippen LogP contribution in [0.25, 0.3) is 0 Å². The van der Waals surface area contributed by atoms with Crippen LogP contribution in [-0.4, -0.2) is 46.9 Å². The minimum atomic E-state index is -0.791. The molecule has 0 heterocycles. The molecule has 3 unspecified atom stereocenters. The molecule has 0 aromatic carbocycles. The molecule has 0 spiro atoms. The molecule has 3 atom stereocenters. The van der Waals surface area contributed by atoms with Crippen LogP contribution in [0.4, 0.5) is 0 Å². The maximum Gasteiger partial charge on any atom is 0.306 e. The summed E-state index contributed by atoms with van der Waals surface area (Å²) in [5, 5.41) is 23.6. The molecule has 0 aliphatic heterocycles. The molecule has 55 heavy (non-hydrogen) atoms. The lowest BCUT2D eigenvalue weighted by Gasteiger charge is -2.24. The van der Waals surface area contributed by atoms with Crippen molar-refractivity contribution in [1.29, 1.82) is 0 Å². The topological polar surface area (TPSA) is 95.9 Å². The number of unbranched alkanes of at least 4 members (excludes halogenated alkanes) is 24. The summed E-state index contributed by atoms with van der Waals surface area (Å²) in [6, 6.07) is -0.706. The summed E-state index contributed by atoms with van der Waals surface area (Å²) in [6.45, 7) is 6.31. The van der Waals surface area contributed by atoms with Crippen molar-refractivity contribution in [3.63, 3.8) is 0 Å². The molecule has 0 saturated heterocycles. The van der Waals surface area contributed by atoms with Gasteiger partial charge in [-0.05, 0) is 44.9 Å². The molecule has 6 heteroatoms. The molecule has 320 valence electrons. The van der Waals surface area contributed by atoms with E-state index < -0.39 is 18.2 Å². The van der Waals surface area contributed by atoms with Gasteiger partial charge in [0.15, 0.2) is 0 Å². The molecule has 0 aliphatic rings. The van der Waals surface area contributed by atoms with E-state index in [1.54, 1.807) is 0 Å². The Morgan fingerprint density at radius 2 is 0.982 bits per heavy atom. The fourth-order valence-electron chi connectivity index (χ4n) is 6.97. The lowest BCUT2D eigenvalue weighted by atomic mass is 10.0. The molecule has 0 aliphatic carbocycles. The van der Waals surface area contributed by atoms with Gasteiger partial charge >= 0.3 is 5.97 Å². The largest absolute Gasteiger partial charge is 0.462 e. The van der Waals surface area contributed by atoms with Gasteiger partial charge in [-0.2, -0.15) is 0 Å². The fraction of sp³-hybridized carbons (Fsp3) is 0.796. The van der Waals surface area contributed by atoms with Crippen molar-refractivity contribution in [2.75, 3.05) is 6.61 Å². The van der Waals surface area contributed by atoms with E-state index >= 15 is 0 Å². The first kappa shape index (κ1) is 52.8. The van der Waals surface area contributed by atoms with Gasteiger partial charge in [-0.1, -0.05) is 217 Å². The third-order valence-electron chi connectivity index (χ3n) is 10.5. The van der Waals surface area contributed by atoms with E-state index in [0.29, 0.717) is 19.3 Å². The predicted octanol–water partition coefficient (Wildman–Crippen LogP) is 13.5. The number of hydrogen-bond donors (Lipinski definition) is 3. The van der Waals surface area contributed by atoms with Gasteiger partial charge in [-0.15, -0.1) is 0 Å². The van der Waals surface area contributed by atoms with Gasteiger partial charge in [0, 0.05) is 6.42 Å². The van der Waals surface area contributed by atoms with Gasteiger partial charge in [-0.3, -0.25) is 9.59 Å². The Morgan fingerprint density at radius 1 is 0.545 bits per heavy atom. The molecule has 0 fully saturated rings. The number of allylic oxidation sites excluding steroid dienone is 8. The van der Waals surface area contributed by atoms with Crippen LogP contribution in [0, 0.1) is 0 Å². The highest BCUT2D eigenvalue weighted by molar-refractivity contribution is 5.77. The lowest BCUT2D eigenvalue weighted by Crippen LogP contribution is -2.46. The third kappa shape index (κ3) is 38.5. The van der Waals surface area contributed by atoms with Crippen LogP contribution in [0.3, 0.4) is 0 Å². The number of aliphatic hydroxyl groups is 2. The van der Waals surface area contributed by atoms with Crippen LogP contribution in [0.5, 0.6) is 0 Å². The second kappa shape index (κ2) is 43.0. The number of rotatable bonds is 41. The number of ether oxygens (including phenoxy) is 1. The highest BCUT2D eigenvalue weighted by Gasteiger charge is 2.24. The summed E-state index contributed by atoms with van der Waals surface area (Å²) >= 11 is 0. The highest BCUT2D eigenvalue weighted by Crippen LogP contribution is 2.18. The Hall–Kier alpha value is -2.18. The molecule has 0 bridgehead atoms. The normalized spacial score (nSPS) is 13.8. The first-order valence-corrected chi connectivity index (χ1v) is 23.4. The molecule has 0 rings (SSSR count). The summed E-state index contributed by atoms with van der Waals surface area (Å²) < 4.78 is 5.89. The molecule has 0 aromatic heterocycles. The fourth-order valence-corrected chi connectivity index (χ4v) is 6.97. The Balaban J connectivity index is 4.65. The van der Waals surface area contributed by atoms with Gasteiger partial charge in [0.25, 0.3) is 0 Å². The van der Waals surface area contributed by atoms with Crippen molar-refractivity contribution in [2.24, 2.45) is 0 Å². The minimum absolute atomic E-state index is 0.0633. The van der Waals surface area contributed by atoms with Crippen LogP contribution >= 0.6 is 0 Å². The molecule has 0 radical (unpaired) electrons. The second-order valence-electron chi connectivity index (χ2n) is 15.9. The average molecular weight is 772 g/mol. The average Bonchev–Trinajstić information content (AvgIpc) is 3.18. The summed E-state index contributed by atoms with van der Waals surface area (Å²) in [7, 11) is 0. The number of carbonyl (C=O) groups excluding carboxylic acids is 2. The van der Waals surface area contributed by atoms with E-state index in [4.69, 9.17) is 4.74 Å². The van der Waals surface area contributed by atoms with Crippen molar-refractivity contribution in [2.45, 2.75) is 244 Å². The summed E-state index contributed by atoms with van der Waals surface area (Å²) in [4.78, 5) is 26.0. The third-order valence-corrected chi connectivity index (χ3v) is 10.5. The number of amides is 1. The van der Waals surface area contributed by atoms with Crippen molar-refractivity contribution in [1.82, 2.24) is 5.32 Å². The molecular formula is C49H89NO5. The maximum atomic E-state index is 13.1. The molecule has 0 aromatic rings. The number of nitrogens with one attached hydrogen (secondary N) is 1. The van der Waals surface area contributed by atoms with Crippen molar-refractivity contribution in [3.8, 4) is 0 Å². The van der Waals surface area contributed by atoms with Crippen molar-refractivity contribution < 1.29 is 24.5 Å². The van der Waals surface area contributed by atoms with Crippen LogP contribution < -0.4 is 5.32 Å². The standard InChI is InChI=1S/C49H89NO5/c1-4-7-10-13-16-19-21-23-25-26-29-31-34-37-40-45(55-49(54)42-39-36-33-30-27-24-22-20-17-14-11-8-5-2)43-48(53)50-46(44-51)47(52)41-38-35-32-28-18-15-12-9-6-3/h8,11,14,17,20,22,24,27,45-47,51-52H,4-7,9-10,12-13,15-16,18-19,21,23,25-26,28-44H2,1-3H3,(H,50,53)/b11-8+,17-14+,22-20-,27-24-.